The van der Waals surface area contributed by atoms with Crippen LogP contribution in [0.3, 0.4) is 0 Å². The van der Waals surface area contributed by atoms with Crippen molar-refractivity contribution >= 4 is 33.7 Å². The summed E-state index contributed by atoms with van der Waals surface area (Å²) in [5, 5.41) is 11.2. The molecule has 0 bridgehead atoms. The van der Waals surface area contributed by atoms with Gasteiger partial charge in [0.25, 0.3) is 5.91 Å². The van der Waals surface area contributed by atoms with Crippen molar-refractivity contribution in [3.05, 3.63) is 60.3 Å². The van der Waals surface area contributed by atoms with E-state index in [9.17, 15) is 14.7 Å². The first-order chi connectivity index (χ1) is 15.5. The van der Waals surface area contributed by atoms with E-state index in [1.165, 1.54) is 0 Å². The summed E-state index contributed by atoms with van der Waals surface area (Å²) >= 11 is 0. The van der Waals surface area contributed by atoms with Crippen LogP contribution >= 0.6 is 0 Å². The number of carbonyl (C=O) groups excluding carboxylic acids is 1. The van der Waals surface area contributed by atoms with Gasteiger partial charge in [0.1, 0.15) is 11.4 Å². The number of pyridine rings is 1. The molecule has 0 unspecified atom stereocenters. The molecular formula is C25H23N3O4. The lowest BCUT2D eigenvalue weighted by atomic mass is 9.97. The molecular weight excluding hydrogens is 406 g/mol. The number of amides is 1. The lowest BCUT2D eigenvalue weighted by Crippen LogP contribution is -2.40. The minimum atomic E-state index is -0.796. The molecule has 0 saturated carbocycles. The van der Waals surface area contributed by atoms with Crippen LogP contribution in [0.4, 0.5) is 0 Å². The second kappa shape index (κ2) is 8.00. The Morgan fingerprint density at radius 3 is 2.59 bits per heavy atom. The Balaban J connectivity index is 1.63. The number of ether oxygens (including phenoxy) is 1. The van der Waals surface area contributed by atoms with Crippen LogP contribution in [-0.2, 0) is 4.79 Å². The fraction of sp³-hybridized carbons (Fsp3) is 0.240. The Hall–Kier alpha value is -3.87. The maximum Gasteiger partial charge on any atom is 0.306 e. The zero-order valence-electron chi connectivity index (χ0n) is 17.7. The van der Waals surface area contributed by atoms with Crippen LogP contribution in [0, 0.1) is 5.92 Å². The number of rotatable bonds is 4. The molecule has 0 atom stereocenters. The summed E-state index contributed by atoms with van der Waals surface area (Å²) in [6.45, 7) is 0.829. The summed E-state index contributed by atoms with van der Waals surface area (Å²) in [6.07, 6.45) is 0.915. The largest absolute Gasteiger partial charge is 0.497 e. The number of para-hydroxylation sites is 1. The van der Waals surface area contributed by atoms with E-state index in [0.29, 0.717) is 43.1 Å². The van der Waals surface area contributed by atoms with Crippen molar-refractivity contribution < 1.29 is 19.4 Å². The van der Waals surface area contributed by atoms with E-state index in [0.717, 1.165) is 27.4 Å². The third-order valence-corrected chi connectivity index (χ3v) is 6.19. The van der Waals surface area contributed by atoms with Crippen LogP contribution < -0.4 is 4.74 Å². The Labute approximate surface area is 184 Å². The first-order valence-electron chi connectivity index (χ1n) is 10.6. The minimum absolute atomic E-state index is 0.176. The van der Waals surface area contributed by atoms with E-state index in [1.54, 1.807) is 12.0 Å². The molecule has 1 aliphatic heterocycles. The van der Waals surface area contributed by atoms with Gasteiger partial charge in [-0.2, -0.15) is 0 Å². The zero-order valence-corrected chi connectivity index (χ0v) is 17.7. The predicted molar refractivity (Wildman–Crippen MR) is 122 cm³/mol. The lowest BCUT2D eigenvalue weighted by molar-refractivity contribution is -0.143. The van der Waals surface area contributed by atoms with Crippen molar-refractivity contribution in [2.75, 3.05) is 20.2 Å². The van der Waals surface area contributed by atoms with Gasteiger partial charge in [0.05, 0.1) is 24.2 Å². The van der Waals surface area contributed by atoms with Gasteiger partial charge in [-0.3, -0.25) is 9.59 Å². The minimum Gasteiger partial charge on any atom is -0.497 e. The fourth-order valence-corrected chi connectivity index (χ4v) is 4.43. The number of methoxy groups -OCH3 is 1. The van der Waals surface area contributed by atoms with Gasteiger partial charge >= 0.3 is 5.97 Å². The van der Waals surface area contributed by atoms with Gasteiger partial charge in [0.2, 0.25) is 0 Å². The number of hydrogen-bond donors (Lipinski definition) is 2. The molecule has 7 heteroatoms. The fourth-order valence-electron chi connectivity index (χ4n) is 4.43. The molecule has 0 aliphatic carbocycles. The van der Waals surface area contributed by atoms with E-state index in [2.05, 4.69) is 4.98 Å². The van der Waals surface area contributed by atoms with Crippen LogP contribution in [0.5, 0.6) is 5.75 Å². The van der Waals surface area contributed by atoms with E-state index >= 15 is 0 Å². The van der Waals surface area contributed by atoms with E-state index in [1.807, 2.05) is 54.6 Å². The maximum atomic E-state index is 13.4. The standard InChI is InChI=1S/C25H23N3O4/c1-32-17-6-4-5-16(13-17)22-23-19(18-7-2-3-8-20(18)26-23)14-21(27-22)24(29)28-11-9-15(10-12-28)25(30)31/h2-8,13-15,26H,9-12H2,1H3,(H,30,31). The van der Waals surface area contributed by atoms with Crippen molar-refractivity contribution in [1.82, 2.24) is 14.9 Å². The van der Waals surface area contributed by atoms with Crippen molar-refractivity contribution in [3.8, 4) is 17.0 Å². The summed E-state index contributed by atoms with van der Waals surface area (Å²) in [6, 6.07) is 17.4. The third-order valence-electron chi connectivity index (χ3n) is 6.19. The van der Waals surface area contributed by atoms with Gasteiger partial charge in [-0.1, -0.05) is 30.3 Å². The van der Waals surface area contributed by atoms with E-state index in [4.69, 9.17) is 9.72 Å². The highest BCUT2D eigenvalue weighted by molar-refractivity contribution is 6.13. The molecule has 2 N–H and O–H groups in total. The van der Waals surface area contributed by atoms with Crippen molar-refractivity contribution in [3.63, 3.8) is 0 Å². The SMILES string of the molecule is COc1cccc(-c2nc(C(=O)N3CCC(C(=O)O)CC3)cc3c2[nH]c2ccccc23)c1. The molecule has 7 nitrogen and oxygen atoms in total. The lowest BCUT2D eigenvalue weighted by Gasteiger charge is -2.30. The summed E-state index contributed by atoms with van der Waals surface area (Å²) in [7, 11) is 1.62. The number of aromatic nitrogens is 2. The van der Waals surface area contributed by atoms with Crippen LogP contribution in [0.15, 0.2) is 54.6 Å². The van der Waals surface area contributed by atoms with Crippen molar-refractivity contribution in [1.29, 1.82) is 0 Å². The average molecular weight is 429 g/mol. The number of carboxylic acids is 1. The van der Waals surface area contributed by atoms with Gasteiger partial charge in [-0.15, -0.1) is 0 Å². The number of nitrogens with one attached hydrogen (secondary N) is 1. The topological polar surface area (TPSA) is 95.5 Å². The van der Waals surface area contributed by atoms with E-state index < -0.39 is 11.9 Å². The van der Waals surface area contributed by atoms with Gasteiger partial charge in [0, 0.05) is 34.9 Å². The number of carboxylic acid groups (broad SMARTS) is 1. The first-order valence-corrected chi connectivity index (χ1v) is 10.6. The number of carbonyl (C=O) groups is 2. The number of aliphatic carboxylic acids is 1. The van der Waals surface area contributed by atoms with Gasteiger partial charge < -0.3 is 19.7 Å². The molecule has 4 aromatic rings. The van der Waals surface area contributed by atoms with Gasteiger partial charge in [-0.25, -0.2) is 4.98 Å². The van der Waals surface area contributed by atoms with Gasteiger partial charge in [0.15, 0.2) is 0 Å². The molecule has 5 rings (SSSR count). The summed E-state index contributed by atoms with van der Waals surface area (Å²) < 4.78 is 5.39. The molecule has 1 fully saturated rings. The summed E-state index contributed by atoms with van der Waals surface area (Å²) in [5.74, 6) is -0.655. The number of piperidine rings is 1. The normalized spacial score (nSPS) is 14.7. The van der Waals surface area contributed by atoms with Crippen LogP contribution in [-0.4, -0.2) is 52.1 Å². The second-order valence-electron chi connectivity index (χ2n) is 8.09. The quantitative estimate of drug-likeness (QED) is 0.503. The third kappa shape index (κ3) is 3.45. The molecule has 2 aromatic heterocycles. The van der Waals surface area contributed by atoms with E-state index in [-0.39, 0.29) is 5.91 Å². The second-order valence-corrected chi connectivity index (χ2v) is 8.09. The van der Waals surface area contributed by atoms with Crippen molar-refractivity contribution in [2.45, 2.75) is 12.8 Å². The number of aromatic amines is 1. The molecule has 32 heavy (non-hydrogen) atoms. The predicted octanol–water partition coefficient (Wildman–Crippen LogP) is 4.33. The maximum absolute atomic E-state index is 13.4. The highest BCUT2D eigenvalue weighted by Gasteiger charge is 2.29. The number of nitrogens with zero attached hydrogens (tertiary/aromatic N) is 2. The Morgan fingerprint density at radius 2 is 1.84 bits per heavy atom. The molecule has 2 aromatic carbocycles. The molecule has 1 aliphatic rings. The molecule has 1 amide bonds. The number of hydrogen-bond acceptors (Lipinski definition) is 4. The Morgan fingerprint density at radius 1 is 1.06 bits per heavy atom. The van der Waals surface area contributed by atoms with Gasteiger partial charge in [-0.05, 0) is 37.1 Å². The number of H-pyrrole nitrogens is 1. The highest BCUT2D eigenvalue weighted by atomic mass is 16.5. The van der Waals surface area contributed by atoms with Crippen LogP contribution in [0.2, 0.25) is 0 Å². The highest BCUT2D eigenvalue weighted by Crippen LogP contribution is 2.34. The Kier molecular flexibility index (Phi) is 5.01. The Bertz CT molecular complexity index is 1340. The molecule has 162 valence electrons. The monoisotopic (exact) mass is 429 g/mol. The summed E-state index contributed by atoms with van der Waals surface area (Å²) in [4.78, 5) is 34.6. The number of fused-ring (bicyclic) bond motifs is 3. The number of benzene rings is 2. The van der Waals surface area contributed by atoms with Crippen LogP contribution in [0.1, 0.15) is 23.3 Å². The zero-order chi connectivity index (χ0) is 22.2. The summed E-state index contributed by atoms with van der Waals surface area (Å²) in [5.41, 5.74) is 3.72. The molecule has 0 radical (unpaired) electrons. The van der Waals surface area contributed by atoms with Crippen molar-refractivity contribution in [2.24, 2.45) is 5.92 Å². The number of likely N-dealkylation sites (tertiary alicyclic amines) is 1. The van der Waals surface area contributed by atoms with Crippen LogP contribution in [0.25, 0.3) is 33.1 Å². The molecule has 3 heterocycles. The molecule has 1 saturated heterocycles. The average Bonchev–Trinajstić information content (AvgIpc) is 3.21. The first kappa shape index (κ1) is 20.1. The molecule has 0 spiro atoms. The smallest absolute Gasteiger partial charge is 0.306 e.